The maximum Gasteiger partial charge on any atom is 0.316 e. The van der Waals surface area contributed by atoms with Gasteiger partial charge in [0.05, 0.1) is 6.04 Å². The van der Waals surface area contributed by atoms with E-state index in [0.29, 0.717) is 17.1 Å². The second kappa shape index (κ2) is 17.1. The number of likely N-dealkylation sites (N-methyl/N-ethyl adjacent to an activating group) is 1. The molecule has 1 saturated carbocycles. The Kier molecular flexibility index (Phi) is 13.6. The molecule has 294 valence electrons. The van der Waals surface area contributed by atoms with Gasteiger partial charge in [0.2, 0.25) is 17.6 Å². The van der Waals surface area contributed by atoms with E-state index >= 15 is 0 Å². The first-order valence-electron chi connectivity index (χ1n) is 18.5. The highest BCUT2D eigenvalue weighted by Crippen LogP contribution is 2.65. The summed E-state index contributed by atoms with van der Waals surface area (Å²) in [5.74, 6) is -3.55. The monoisotopic (exact) mass is 776 g/mol. The molecule has 0 bridgehead atoms. The lowest BCUT2D eigenvalue weighted by molar-refractivity contribution is -0.144. The summed E-state index contributed by atoms with van der Waals surface area (Å²) in [6.07, 6.45) is 7.62. The molecule has 4 rings (SSSR count). The van der Waals surface area contributed by atoms with Gasteiger partial charge < -0.3 is 26.2 Å². The van der Waals surface area contributed by atoms with Crippen molar-refractivity contribution in [1.29, 1.82) is 0 Å². The molecule has 6 atom stereocenters. The van der Waals surface area contributed by atoms with Crippen LogP contribution in [0.15, 0.2) is 34.4 Å². The summed E-state index contributed by atoms with van der Waals surface area (Å²) in [7, 11) is -3.01. The van der Waals surface area contributed by atoms with E-state index in [1.54, 1.807) is 32.2 Å². The summed E-state index contributed by atoms with van der Waals surface area (Å²) in [5.41, 5.74) is -1.16. The van der Waals surface area contributed by atoms with E-state index in [2.05, 4.69) is 27.8 Å². The Morgan fingerprint density at radius 2 is 1.70 bits per heavy atom. The minimum absolute atomic E-state index is 0.0146. The van der Waals surface area contributed by atoms with Gasteiger partial charge in [-0.15, -0.1) is 17.9 Å². The lowest BCUT2D eigenvalue weighted by Crippen LogP contribution is -2.61. The zero-order valence-corrected chi connectivity index (χ0v) is 33.4. The van der Waals surface area contributed by atoms with Gasteiger partial charge >= 0.3 is 6.03 Å². The van der Waals surface area contributed by atoms with E-state index in [9.17, 15) is 37.2 Å². The van der Waals surface area contributed by atoms with Crippen LogP contribution >= 0.6 is 11.3 Å². The zero-order chi connectivity index (χ0) is 39.3. The molecule has 2 saturated heterocycles. The average molecular weight is 777 g/mol. The summed E-state index contributed by atoms with van der Waals surface area (Å²) in [4.78, 5) is 83.3. The summed E-state index contributed by atoms with van der Waals surface area (Å²) in [6.45, 7) is 13.1. The third-order valence-corrected chi connectivity index (χ3v) is 14.0. The number of hydrogen-bond donors (Lipinski definition) is 4. The molecule has 0 spiro atoms. The van der Waals surface area contributed by atoms with Gasteiger partial charge in [0.1, 0.15) is 22.3 Å². The topological polar surface area (TPSA) is 191 Å². The van der Waals surface area contributed by atoms with Crippen molar-refractivity contribution >= 4 is 56.8 Å². The van der Waals surface area contributed by atoms with Crippen molar-refractivity contribution in [2.75, 3.05) is 20.1 Å². The molecule has 0 aromatic carbocycles. The zero-order valence-electron chi connectivity index (χ0n) is 31.7. The molecule has 14 nitrogen and oxygen atoms in total. The predicted molar refractivity (Wildman–Crippen MR) is 201 cm³/mol. The standard InChI is InChI=1S/C37H56N6O8S2/c1-8-20-38-32(46)29(44)24-17-14-12-10-9-11-13-15-18-25(33(47)43-22-23-27(37(23,5)6)28(43)31(45)39-24)40-35(49)41-30(36(2,3)4)34(48)42(7)53(50,51)26-19-16-21-52-26/h8,16,19,21,23-25,27-28,30H,1,9-15,17-18,20,22H2,2-7H3,(H,38,46)(H,39,45)(H2,40,41,49)/t23-,24-,25-,27-,28-,30+/m0/s1. The van der Waals surface area contributed by atoms with Gasteiger partial charge in [-0.3, -0.25) is 24.0 Å². The van der Waals surface area contributed by atoms with Crippen LogP contribution in [-0.4, -0.2) is 97.4 Å². The van der Waals surface area contributed by atoms with E-state index < -0.39 is 75.0 Å². The summed E-state index contributed by atoms with van der Waals surface area (Å²) in [5, 5.41) is 12.3. The number of urea groups is 1. The maximum atomic E-state index is 14.4. The van der Waals surface area contributed by atoms with Crippen LogP contribution in [0.3, 0.4) is 0 Å². The molecule has 4 N–H and O–H groups in total. The number of fused-ring (bicyclic) bond motifs is 3. The quantitative estimate of drug-likeness (QED) is 0.217. The highest BCUT2D eigenvalue weighted by molar-refractivity contribution is 7.91. The molecule has 16 heteroatoms. The Balaban J connectivity index is 1.58. The van der Waals surface area contributed by atoms with Gasteiger partial charge in [0.25, 0.3) is 21.8 Å². The number of hydrogen-bond acceptors (Lipinski definition) is 9. The van der Waals surface area contributed by atoms with Crippen molar-refractivity contribution < 1.29 is 37.2 Å². The van der Waals surface area contributed by atoms with Crippen molar-refractivity contribution in [3.8, 4) is 0 Å². The van der Waals surface area contributed by atoms with Gasteiger partial charge in [-0.05, 0) is 47.0 Å². The SMILES string of the molecule is C=CCNC(=O)C(=O)[C@@H]1CCCCCCCCC[C@H](NC(=O)N[C@H](C(=O)N(C)S(=O)(=O)c2cccs2)C(C)(C)C)C(=O)N2C[C@H]3[C@@H]([C@H]2C(=O)N1)C3(C)C. The maximum absolute atomic E-state index is 14.4. The predicted octanol–water partition coefficient (Wildman–Crippen LogP) is 3.34. The molecule has 53 heavy (non-hydrogen) atoms. The molecule has 3 aliphatic rings. The summed E-state index contributed by atoms with van der Waals surface area (Å²) >= 11 is 0.973. The Labute approximate surface area is 317 Å². The molecule has 0 radical (unpaired) electrons. The molecule has 6 amide bonds. The molecule has 3 fully saturated rings. The molecule has 2 aliphatic heterocycles. The van der Waals surface area contributed by atoms with Crippen molar-refractivity contribution in [2.24, 2.45) is 22.7 Å². The summed E-state index contributed by atoms with van der Waals surface area (Å²) < 4.78 is 27.0. The average Bonchev–Trinajstić information content (AvgIpc) is 3.55. The number of piperidine rings is 1. The Morgan fingerprint density at radius 1 is 1.08 bits per heavy atom. The third-order valence-electron chi connectivity index (χ3n) is 10.9. The van der Waals surface area contributed by atoms with Crippen LogP contribution in [0.25, 0.3) is 0 Å². The van der Waals surface area contributed by atoms with Crippen LogP contribution in [-0.2, 0) is 34.0 Å². The van der Waals surface area contributed by atoms with Crippen LogP contribution in [0.1, 0.15) is 92.4 Å². The van der Waals surface area contributed by atoms with Crippen molar-refractivity contribution in [3.05, 3.63) is 30.2 Å². The molecular weight excluding hydrogens is 721 g/mol. The molecule has 1 aromatic rings. The van der Waals surface area contributed by atoms with Gasteiger partial charge in [-0.1, -0.05) is 91.7 Å². The van der Waals surface area contributed by atoms with Crippen LogP contribution < -0.4 is 21.3 Å². The van der Waals surface area contributed by atoms with Crippen LogP contribution in [0.5, 0.6) is 0 Å². The van der Waals surface area contributed by atoms with E-state index in [0.717, 1.165) is 50.5 Å². The minimum atomic E-state index is -4.16. The Bertz CT molecular complexity index is 1650. The molecule has 1 aromatic heterocycles. The second-order valence-corrected chi connectivity index (χ2v) is 19.2. The Morgan fingerprint density at radius 3 is 2.28 bits per heavy atom. The molecular formula is C37H56N6O8S2. The van der Waals surface area contributed by atoms with E-state index in [-0.39, 0.29) is 47.4 Å². The third kappa shape index (κ3) is 9.66. The molecule has 1 aliphatic carbocycles. The van der Waals surface area contributed by atoms with Crippen molar-refractivity contribution in [3.63, 3.8) is 0 Å². The van der Waals surface area contributed by atoms with Gasteiger partial charge in [-0.25, -0.2) is 17.5 Å². The number of sulfonamides is 1. The summed E-state index contributed by atoms with van der Waals surface area (Å²) in [6, 6.07) is -2.18. The lowest BCUT2D eigenvalue weighted by atomic mass is 9.86. The molecule has 0 unspecified atom stereocenters. The fourth-order valence-electron chi connectivity index (χ4n) is 7.61. The Hall–Kier alpha value is -3.79. The smallest absolute Gasteiger partial charge is 0.316 e. The highest BCUT2D eigenvalue weighted by atomic mass is 32.2. The molecule has 3 heterocycles. The fourth-order valence-corrected chi connectivity index (χ4v) is 9.91. The largest absolute Gasteiger partial charge is 0.346 e. The normalized spacial score (nSPS) is 25.8. The first-order chi connectivity index (χ1) is 24.8. The number of carbonyl (C=O) groups excluding carboxylic acids is 6. The van der Waals surface area contributed by atoms with Crippen LogP contribution in [0.2, 0.25) is 0 Å². The van der Waals surface area contributed by atoms with Crippen LogP contribution in [0, 0.1) is 22.7 Å². The minimum Gasteiger partial charge on any atom is -0.346 e. The number of nitrogens with zero attached hydrogens (tertiary/aromatic N) is 2. The van der Waals surface area contributed by atoms with Crippen molar-refractivity contribution in [1.82, 2.24) is 30.5 Å². The number of Topliss-reactive ketones (excluding diaryl/α,β-unsaturated/α-hetero) is 1. The number of nitrogens with one attached hydrogen (secondary N) is 4. The number of thiophene rings is 1. The second-order valence-electron chi connectivity index (χ2n) is 16.1. The lowest BCUT2D eigenvalue weighted by Gasteiger charge is -2.35. The first kappa shape index (κ1) is 42.0. The highest BCUT2D eigenvalue weighted by Gasteiger charge is 2.69. The van der Waals surface area contributed by atoms with Gasteiger partial charge in [-0.2, -0.15) is 0 Å². The van der Waals surface area contributed by atoms with E-state index in [1.807, 2.05) is 13.8 Å². The number of carbonyl (C=O) groups is 6. The van der Waals surface area contributed by atoms with Crippen molar-refractivity contribution in [2.45, 2.75) is 121 Å². The van der Waals surface area contributed by atoms with Crippen LogP contribution in [0.4, 0.5) is 4.79 Å². The van der Waals surface area contributed by atoms with Gasteiger partial charge in [0.15, 0.2) is 0 Å². The number of amides is 6. The van der Waals surface area contributed by atoms with Gasteiger partial charge in [0, 0.05) is 20.1 Å². The van der Waals surface area contributed by atoms with E-state index in [1.165, 1.54) is 17.0 Å². The number of rotatable bonds is 9. The first-order valence-corrected chi connectivity index (χ1v) is 20.8. The fraction of sp³-hybridized carbons (Fsp3) is 0.676. The number of ketones is 1. The van der Waals surface area contributed by atoms with E-state index in [4.69, 9.17) is 0 Å².